The van der Waals surface area contributed by atoms with Crippen LogP contribution in [-0.4, -0.2) is 29.3 Å². The summed E-state index contributed by atoms with van der Waals surface area (Å²) in [7, 11) is 0. The highest BCUT2D eigenvalue weighted by atomic mass is 16.7. The molecule has 0 spiro atoms. The van der Waals surface area contributed by atoms with E-state index in [-0.39, 0.29) is 19.2 Å². The van der Waals surface area contributed by atoms with Crippen LogP contribution in [0.3, 0.4) is 0 Å². The number of hydrogen-bond donors (Lipinski definition) is 0. The lowest BCUT2D eigenvalue weighted by atomic mass is 10.1. The van der Waals surface area contributed by atoms with Gasteiger partial charge in [-0.3, -0.25) is 4.79 Å². The lowest BCUT2D eigenvalue weighted by molar-refractivity contribution is 0.0921. The third-order valence-electron chi connectivity index (χ3n) is 4.88. The molecule has 1 aliphatic rings. The number of ketones is 1. The molecule has 2 heterocycles. The molecule has 5 rings (SSSR count). The van der Waals surface area contributed by atoms with Gasteiger partial charge in [0.2, 0.25) is 12.6 Å². The normalized spacial score (nSPS) is 12.0. The average molecular weight is 414 g/mol. The minimum Gasteiger partial charge on any atom is -0.485 e. The van der Waals surface area contributed by atoms with Crippen molar-refractivity contribution >= 4 is 5.78 Å². The molecule has 0 saturated heterocycles. The van der Waals surface area contributed by atoms with Crippen molar-refractivity contribution in [3.8, 4) is 40.1 Å². The first-order chi connectivity index (χ1) is 15.2. The second-order valence-electron chi connectivity index (χ2n) is 7.10. The Kier molecular flexibility index (Phi) is 4.84. The number of fused-ring (bicyclic) bond motifs is 1. The second kappa shape index (κ2) is 7.95. The zero-order valence-corrected chi connectivity index (χ0v) is 16.7. The molecule has 1 aliphatic heterocycles. The lowest BCUT2D eigenvalue weighted by Gasteiger charge is -2.06. The fraction of sp³-hybridized carbons (Fsp3) is 0.125. The van der Waals surface area contributed by atoms with Gasteiger partial charge in [-0.15, -0.1) is 0 Å². The van der Waals surface area contributed by atoms with Gasteiger partial charge in [0.15, 0.2) is 23.9 Å². The molecule has 3 aromatic carbocycles. The second-order valence-corrected chi connectivity index (χ2v) is 7.10. The van der Waals surface area contributed by atoms with E-state index in [9.17, 15) is 4.79 Å². The monoisotopic (exact) mass is 414 g/mol. The third kappa shape index (κ3) is 3.98. The third-order valence-corrected chi connectivity index (χ3v) is 4.88. The molecule has 0 atom stereocenters. The van der Waals surface area contributed by atoms with E-state index in [1.807, 2.05) is 37.3 Å². The van der Waals surface area contributed by atoms with Gasteiger partial charge in [0.1, 0.15) is 5.75 Å². The van der Waals surface area contributed by atoms with E-state index in [1.165, 1.54) is 0 Å². The van der Waals surface area contributed by atoms with E-state index in [4.69, 9.17) is 18.7 Å². The molecule has 4 aromatic rings. The number of hydrogen-bond acceptors (Lipinski definition) is 7. The quantitative estimate of drug-likeness (QED) is 0.423. The maximum Gasteiger partial charge on any atom is 0.258 e. The zero-order chi connectivity index (χ0) is 21.2. The Balaban J connectivity index is 1.30. The summed E-state index contributed by atoms with van der Waals surface area (Å²) in [5.41, 5.74) is 3.17. The fourth-order valence-corrected chi connectivity index (χ4v) is 3.18. The minimum absolute atomic E-state index is 0.0544. The minimum atomic E-state index is -0.0879. The van der Waals surface area contributed by atoms with Crippen LogP contribution in [0.5, 0.6) is 17.2 Å². The Bertz CT molecular complexity index is 1250. The Hall–Kier alpha value is -4.13. The predicted molar refractivity (Wildman–Crippen MR) is 112 cm³/mol. The van der Waals surface area contributed by atoms with Gasteiger partial charge in [-0.2, -0.15) is 4.98 Å². The van der Waals surface area contributed by atoms with Crippen molar-refractivity contribution in [1.29, 1.82) is 0 Å². The number of carbonyl (C=O) groups is 1. The molecule has 154 valence electrons. The van der Waals surface area contributed by atoms with Crippen LogP contribution in [0.25, 0.3) is 22.8 Å². The van der Waals surface area contributed by atoms with Crippen molar-refractivity contribution in [3.05, 3.63) is 77.9 Å². The van der Waals surface area contributed by atoms with Gasteiger partial charge in [0, 0.05) is 16.7 Å². The summed E-state index contributed by atoms with van der Waals surface area (Å²) in [5, 5.41) is 4.07. The number of aromatic nitrogens is 2. The van der Waals surface area contributed by atoms with Gasteiger partial charge in [-0.25, -0.2) is 0 Å². The molecule has 1 aromatic heterocycles. The fourth-order valence-electron chi connectivity index (χ4n) is 3.18. The lowest BCUT2D eigenvalue weighted by Crippen LogP contribution is -2.11. The van der Waals surface area contributed by atoms with Gasteiger partial charge < -0.3 is 18.7 Å². The number of nitrogens with zero attached hydrogens (tertiary/aromatic N) is 2. The van der Waals surface area contributed by atoms with E-state index in [0.29, 0.717) is 34.5 Å². The maximum absolute atomic E-state index is 12.3. The molecule has 0 amide bonds. The van der Waals surface area contributed by atoms with Gasteiger partial charge >= 0.3 is 0 Å². The summed E-state index contributed by atoms with van der Waals surface area (Å²) in [6, 6.07) is 20.1. The number of carbonyl (C=O) groups excluding carboxylic acids is 1. The van der Waals surface area contributed by atoms with E-state index in [2.05, 4.69) is 10.1 Å². The van der Waals surface area contributed by atoms with Crippen LogP contribution in [0.15, 0.2) is 71.3 Å². The highest BCUT2D eigenvalue weighted by Gasteiger charge is 2.17. The molecular formula is C24H18N2O5. The van der Waals surface area contributed by atoms with Gasteiger partial charge in [0.05, 0.1) is 0 Å². The first-order valence-corrected chi connectivity index (χ1v) is 9.72. The SMILES string of the molecule is Cc1ccc(C(=O)COc2cccc(-c3noc(-c4ccc5c(c4)OCO5)n3)c2)cc1. The van der Waals surface area contributed by atoms with Crippen LogP contribution in [0.1, 0.15) is 15.9 Å². The van der Waals surface area contributed by atoms with Gasteiger partial charge in [-0.1, -0.05) is 47.1 Å². The average Bonchev–Trinajstić information content (AvgIpc) is 3.47. The van der Waals surface area contributed by atoms with Crippen molar-refractivity contribution in [2.45, 2.75) is 6.92 Å². The summed E-state index contributed by atoms with van der Waals surface area (Å²) < 4.78 is 21.8. The van der Waals surface area contributed by atoms with Crippen LogP contribution in [0, 0.1) is 6.92 Å². The summed E-state index contributed by atoms with van der Waals surface area (Å²) in [5.74, 6) is 2.58. The van der Waals surface area contributed by atoms with Crippen LogP contribution < -0.4 is 14.2 Å². The van der Waals surface area contributed by atoms with E-state index >= 15 is 0 Å². The summed E-state index contributed by atoms with van der Waals surface area (Å²) in [6.07, 6.45) is 0. The van der Waals surface area contributed by atoms with Gasteiger partial charge in [0.25, 0.3) is 5.89 Å². The molecule has 0 unspecified atom stereocenters. The molecule has 0 aliphatic carbocycles. The van der Waals surface area contributed by atoms with Crippen molar-refractivity contribution in [1.82, 2.24) is 10.1 Å². The molecule has 0 fully saturated rings. The summed E-state index contributed by atoms with van der Waals surface area (Å²) in [6.45, 7) is 2.13. The van der Waals surface area contributed by atoms with Crippen LogP contribution >= 0.6 is 0 Å². The van der Waals surface area contributed by atoms with Crippen molar-refractivity contribution < 1.29 is 23.5 Å². The topological polar surface area (TPSA) is 83.7 Å². The number of aryl methyl sites for hydroxylation is 1. The predicted octanol–water partition coefficient (Wildman–Crippen LogP) is 4.70. The molecule has 7 nitrogen and oxygen atoms in total. The van der Waals surface area contributed by atoms with Crippen LogP contribution in [-0.2, 0) is 0 Å². The summed E-state index contributed by atoms with van der Waals surface area (Å²) in [4.78, 5) is 16.8. The maximum atomic E-state index is 12.3. The Morgan fingerprint density at radius 2 is 1.81 bits per heavy atom. The summed E-state index contributed by atoms with van der Waals surface area (Å²) >= 11 is 0. The van der Waals surface area contributed by atoms with E-state index < -0.39 is 0 Å². The number of Topliss-reactive ketones (excluding diaryl/α,β-unsaturated/α-hetero) is 1. The molecule has 0 bridgehead atoms. The molecule has 0 N–H and O–H groups in total. The number of rotatable bonds is 6. The largest absolute Gasteiger partial charge is 0.485 e. The first-order valence-electron chi connectivity index (χ1n) is 9.72. The highest BCUT2D eigenvalue weighted by Crippen LogP contribution is 2.36. The molecular weight excluding hydrogens is 396 g/mol. The number of benzene rings is 3. The van der Waals surface area contributed by atoms with E-state index in [1.54, 1.807) is 36.4 Å². The van der Waals surface area contributed by atoms with Gasteiger partial charge in [-0.05, 0) is 37.3 Å². The number of ether oxygens (including phenoxy) is 3. The standard InChI is InChI=1S/C24H18N2O5/c1-15-5-7-16(8-6-15)20(27)13-28-19-4-2-3-17(11-19)23-25-24(31-26-23)18-9-10-21-22(12-18)30-14-29-21/h2-12H,13-14H2,1H3. The van der Waals surface area contributed by atoms with Crippen molar-refractivity contribution in [3.63, 3.8) is 0 Å². The molecule has 0 saturated carbocycles. The zero-order valence-electron chi connectivity index (χ0n) is 16.7. The van der Waals surface area contributed by atoms with E-state index in [0.717, 1.165) is 16.7 Å². The smallest absolute Gasteiger partial charge is 0.258 e. The van der Waals surface area contributed by atoms with Crippen molar-refractivity contribution in [2.75, 3.05) is 13.4 Å². The Morgan fingerprint density at radius 1 is 0.968 bits per heavy atom. The first kappa shape index (κ1) is 18.9. The Labute approximate surface area is 178 Å². The highest BCUT2D eigenvalue weighted by molar-refractivity contribution is 5.97. The van der Waals surface area contributed by atoms with Crippen LogP contribution in [0.4, 0.5) is 0 Å². The molecule has 0 radical (unpaired) electrons. The van der Waals surface area contributed by atoms with Crippen molar-refractivity contribution in [2.24, 2.45) is 0 Å². The molecule has 31 heavy (non-hydrogen) atoms. The Morgan fingerprint density at radius 3 is 2.68 bits per heavy atom. The molecule has 7 heteroatoms. The van der Waals surface area contributed by atoms with Crippen LogP contribution in [0.2, 0.25) is 0 Å².